The number of ether oxygens (including phenoxy) is 1. The summed E-state index contributed by atoms with van der Waals surface area (Å²) in [6.07, 6.45) is 0. The first kappa shape index (κ1) is 20.3. The summed E-state index contributed by atoms with van der Waals surface area (Å²) < 4.78 is 6.86. The topological polar surface area (TPSA) is 73.2 Å². The summed E-state index contributed by atoms with van der Waals surface area (Å²) >= 11 is 0. The minimum absolute atomic E-state index is 0.0705. The molecule has 3 aromatic rings. The molecule has 150 valence electrons. The van der Waals surface area contributed by atoms with Crippen molar-refractivity contribution in [3.63, 3.8) is 0 Å². The molecule has 0 atom stereocenters. The summed E-state index contributed by atoms with van der Waals surface area (Å²) in [5.74, 6) is 0.419. The van der Waals surface area contributed by atoms with Crippen LogP contribution < -0.4 is 15.6 Å². The first-order valence-corrected chi connectivity index (χ1v) is 9.40. The number of rotatable bonds is 5. The van der Waals surface area contributed by atoms with E-state index in [4.69, 9.17) is 4.74 Å². The summed E-state index contributed by atoms with van der Waals surface area (Å²) in [5, 5.41) is 7.02. The van der Waals surface area contributed by atoms with Gasteiger partial charge in [-0.3, -0.25) is 9.59 Å². The number of nitrogens with zero attached hydrogens (tertiary/aromatic N) is 2. The highest BCUT2D eigenvalue weighted by Gasteiger charge is 2.13. The Morgan fingerprint density at radius 2 is 1.66 bits per heavy atom. The molecule has 0 fully saturated rings. The van der Waals surface area contributed by atoms with Crippen LogP contribution in [0.25, 0.3) is 11.3 Å². The zero-order valence-electron chi connectivity index (χ0n) is 17.1. The molecule has 1 heterocycles. The number of amides is 1. The molecule has 1 N–H and O–H groups in total. The van der Waals surface area contributed by atoms with Crippen molar-refractivity contribution in [1.29, 1.82) is 0 Å². The van der Waals surface area contributed by atoms with Gasteiger partial charge in [0, 0.05) is 24.4 Å². The van der Waals surface area contributed by atoms with E-state index in [1.165, 1.54) is 16.3 Å². The standard InChI is InChI=1S/C23H25N3O3/c1-23(2,3)17-7-11-19(12-8-17)29-15-21(27)24-18-9-5-16(6-10-18)20-13-14-22(28)26(4)25-20/h5-14H,15H2,1-4H3,(H,24,27). The van der Waals surface area contributed by atoms with Crippen LogP contribution in [0.3, 0.4) is 0 Å². The first-order valence-electron chi connectivity index (χ1n) is 9.40. The van der Waals surface area contributed by atoms with Gasteiger partial charge in [-0.15, -0.1) is 0 Å². The second-order valence-electron chi connectivity index (χ2n) is 7.87. The number of carbonyl (C=O) groups is 1. The molecule has 6 heteroatoms. The second kappa shape index (κ2) is 8.31. The third kappa shape index (κ3) is 5.31. The molecule has 29 heavy (non-hydrogen) atoms. The SMILES string of the molecule is Cn1nc(-c2ccc(NC(=O)COc3ccc(C(C)(C)C)cc3)cc2)ccc1=O. The summed E-state index contributed by atoms with van der Waals surface area (Å²) in [5.41, 5.74) is 3.33. The highest BCUT2D eigenvalue weighted by molar-refractivity contribution is 5.92. The lowest BCUT2D eigenvalue weighted by atomic mass is 9.87. The van der Waals surface area contributed by atoms with Gasteiger partial charge in [-0.2, -0.15) is 5.10 Å². The van der Waals surface area contributed by atoms with Crippen LogP contribution in [0.15, 0.2) is 65.5 Å². The minimum Gasteiger partial charge on any atom is -0.484 e. The third-order valence-corrected chi connectivity index (χ3v) is 4.52. The molecule has 0 saturated heterocycles. The fraction of sp³-hybridized carbons (Fsp3) is 0.261. The Kier molecular flexibility index (Phi) is 5.82. The fourth-order valence-corrected chi connectivity index (χ4v) is 2.78. The lowest BCUT2D eigenvalue weighted by Gasteiger charge is -2.19. The lowest BCUT2D eigenvalue weighted by Crippen LogP contribution is -2.20. The summed E-state index contributed by atoms with van der Waals surface area (Å²) in [7, 11) is 1.61. The molecule has 0 aliphatic rings. The monoisotopic (exact) mass is 391 g/mol. The Hall–Kier alpha value is -3.41. The predicted molar refractivity (Wildman–Crippen MR) is 114 cm³/mol. The molecular formula is C23H25N3O3. The maximum atomic E-state index is 12.2. The Bertz CT molecular complexity index is 1050. The molecule has 0 bridgehead atoms. The molecule has 0 radical (unpaired) electrons. The molecule has 0 spiro atoms. The summed E-state index contributed by atoms with van der Waals surface area (Å²) in [6, 6.07) is 18.2. The largest absolute Gasteiger partial charge is 0.484 e. The van der Waals surface area contributed by atoms with Crippen molar-refractivity contribution in [2.75, 3.05) is 11.9 Å². The zero-order valence-corrected chi connectivity index (χ0v) is 17.1. The van der Waals surface area contributed by atoms with Gasteiger partial charge in [-0.05, 0) is 41.3 Å². The highest BCUT2D eigenvalue weighted by Crippen LogP contribution is 2.24. The number of aryl methyl sites for hydroxylation is 1. The first-order chi connectivity index (χ1) is 13.7. The average molecular weight is 391 g/mol. The van der Waals surface area contributed by atoms with Crippen molar-refractivity contribution < 1.29 is 9.53 Å². The van der Waals surface area contributed by atoms with Gasteiger partial charge in [0.05, 0.1) is 5.69 Å². The van der Waals surface area contributed by atoms with Crippen LogP contribution in [0, 0.1) is 0 Å². The van der Waals surface area contributed by atoms with Gasteiger partial charge >= 0.3 is 0 Å². The van der Waals surface area contributed by atoms with Crippen molar-refractivity contribution in [3.05, 3.63) is 76.6 Å². The number of anilines is 1. The number of nitrogens with one attached hydrogen (secondary N) is 1. The molecule has 1 aromatic heterocycles. The second-order valence-corrected chi connectivity index (χ2v) is 7.87. The van der Waals surface area contributed by atoms with E-state index in [1.807, 2.05) is 36.4 Å². The van der Waals surface area contributed by atoms with Crippen molar-refractivity contribution in [2.24, 2.45) is 7.05 Å². The van der Waals surface area contributed by atoms with Crippen molar-refractivity contribution in [2.45, 2.75) is 26.2 Å². The molecule has 2 aromatic carbocycles. The van der Waals surface area contributed by atoms with Crippen LogP contribution in [0.5, 0.6) is 5.75 Å². The highest BCUT2D eigenvalue weighted by atomic mass is 16.5. The number of aromatic nitrogens is 2. The maximum absolute atomic E-state index is 12.2. The Balaban J connectivity index is 1.56. The lowest BCUT2D eigenvalue weighted by molar-refractivity contribution is -0.118. The number of hydrogen-bond donors (Lipinski definition) is 1. The Labute approximate surface area is 170 Å². The van der Waals surface area contributed by atoms with Gasteiger partial charge in [-0.1, -0.05) is 45.0 Å². The maximum Gasteiger partial charge on any atom is 0.266 e. The molecule has 0 unspecified atom stereocenters. The van der Waals surface area contributed by atoms with E-state index in [-0.39, 0.29) is 23.5 Å². The number of carbonyl (C=O) groups excluding carboxylic acids is 1. The summed E-state index contributed by atoms with van der Waals surface area (Å²) in [4.78, 5) is 23.6. The van der Waals surface area contributed by atoms with Crippen LogP contribution in [-0.4, -0.2) is 22.3 Å². The molecule has 0 aliphatic heterocycles. The van der Waals surface area contributed by atoms with Gasteiger partial charge in [0.25, 0.3) is 11.5 Å². The van der Waals surface area contributed by atoms with E-state index in [0.717, 1.165) is 5.56 Å². The molecule has 0 saturated carbocycles. The van der Waals surface area contributed by atoms with Gasteiger partial charge in [0.1, 0.15) is 5.75 Å². The molecule has 0 aliphatic carbocycles. The fourth-order valence-electron chi connectivity index (χ4n) is 2.78. The normalized spacial score (nSPS) is 11.2. The van der Waals surface area contributed by atoms with E-state index in [9.17, 15) is 9.59 Å². The van der Waals surface area contributed by atoms with E-state index < -0.39 is 0 Å². The van der Waals surface area contributed by atoms with Crippen molar-refractivity contribution in [3.8, 4) is 17.0 Å². The zero-order chi connectivity index (χ0) is 21.0. The van der Waals surface area contributed by atoms with Crippen molar-refractivity contribution >= 4 is 11.6 Å². The molecule has 1 amide bonds. The van der Waals surface area contributed by atoms with Gasteiger partial charge in [0.15, 0.2) is 6.61 Å². The van der Waals surface area contributed by atoms with Gasteiger partial charge < -0.3 is 10.1 Å². The number of hydrogen-bond acceptors (Lipinski definition) is 4. The third-order valence-electron chi connectivity index (χ3n) is 4.52. The summed E-state index contributed by atoms with van der Waals surface area (Å²) in [6.45, 7) is 6.38. The Morgan fingerprint density at radius 1 is 1.00 bits per heavy atom. The van der Waals surface area contributed by atoms with Crippen LogP contribution in [-0.2, 0) is 17.3 Å². The van der Waals surface area contributed by atoms with Crippen LogP contribution in [0.4, 0.5) is 5.69 Å². The van der Waals surface area contributed by atoms with E-state index in [0.29, 0.717) is 17.1 Å². The molecule has 6 nitrogen and oxygen atoms in total. The van der Waals surface area contributed by atoms with Gasteiger partial charge in [-0.25, -0.2) is 4.68 Å². The van der Waals surface area contributed by atoms with E-state index in [1.54, 1.807) is 25.2 Å². The minimum atomic E-state index is -0.238. The molecule has 3 rings (SSSR count). The van der Waals surface area contributed by atoms with Crippen molar-refractivity contribution in [1.82, 2.24) is 9.78 Å². The number of benzene rings is 2. The van der Waals surface area contributed by atoms with Crippen LogP contribution >= 0.6 is 0 Å². The Morgan fingerprint density at radius 3 is 2.24 bits per heavy atom. The molecular weight excluding hydrogens is 366 g/mol. The van der Waals surface area contributed by atoms with Gasteiger partial charge in [0.2, 0.25) is 0 Å². The smallest absolute Gasteiger partial charge is 0.266 e. The van der Waals surface area contributed by atoms with Crippen LogP contribution in [0.2, 0.25) is 0 Å². The van der Waals surface area contributed by atoms with Crippen LogP contribution in [0.1, 0.15) is 26.3 Å². The average Bonchev–Trinajstić information content (AvgIpc) is 2.69. The predicted octanol–water partition coefficient (Wildman–Crippen LogP) is 3.76. The van der Waals surface area contributed by atoms with E-state index in [2.05, 4.69) is 31.2 Å². The quantitative estimate of drug-likeness (QED) is 0.719. The van der Waals surface area contributed by atoms with E-state index >= 15 is 0 Å².